The molecule has 0 spiro atoms. The number of carbonyl (C=O) groups excluding carboxylic acids is 3. The molecular formula is C33H50N6O4S. The summed E-state index contributed by atoms with van der Waals surface area (Å²) in [5.41, 5.74) is 2.62. The van der Waals surface area contributed by atoms with Gasteiger partial charge in [-0.1, -0.05) is 0 Å². The fourth-order valence-corrected chi connectivity index (χ4v) is 6.90. The predicted molar refractivity (Wildman–Crippen MR) is 173 cm³/mol. The van der Waals surface area contributed by atoms with E-state index in [0.29, 0.717) is 55.6 Å². The van der Waals surface area contributed by atoms with Gasteiger partial charge < -0.3 is 24.8 Å². The second-order valence-electron chi connectivity index (χ2n) is 13.3. The van der Waals surface area contributed by atoms with E-state index in [1.54, 1.807) is 16.2 Å². The minimum Gasteiger partial charge on any atom is -0.444 e. The average Bonchev–Trinajstić information content (AvgIpc) is 3.49. The van der Waals surface area contributed by atoms with Crippen molar-refractivity contribution < 1.29 is 19.1 Å². The van der Waals surface area contributed by atoms with E-state index in [9.17, 15) is 14.4 Å². The number of amides is 3. The van der Waals surface area contributed by atoms with Crippen molar-refractivity contribution in [2.45, 2.75) is 104 Å². The van der Waals surface area contributed by atoms with Gasteiger partial charge in [0, 0.05) is 57.8 Å². The number of aromatic nitrogens is 2. The largest absolute Gasteiger partial charge is 0.444 e. The number of hydrogen-bond acceptors (Lipinski definition) is 8. The molecular weight excluding hydrogens is 576 g/mol. The first-order chi connectivity index (χ1) is 20.9. The molecule has 1 atom stereocenters. The molecule has 1 unspecified atom stereocenters. The maximum Gasteiger partial charge on any atom is 0.410 e. The van der Waals surface area contributed by atoms with Crippen molar-refractivity contribution in [2.24, 2.45) is 5.92 Å². The summed E-state index contributed by atoms with van der Waals surface area (Å²) in [4.78, 5) is 53.7. The Balaban J connectivity index is 1.26. The molecule has 2 aromatic heterocycles. The third-order valence-electron chi connectivity index (χ3n) is 8.85. The summed E-state index contributed by atoms with van der Waals surface area (Å²) in [5, 5.41) is 7.25. The fourth-order valence-electron chi connectivity index (χ4n) is 6.24. The summed E-state index contributed by atoms with van der Waals surface area (Å²) in [6.07, 6.45) is 6.10. The molecule has 11 heteroatoms. The van der Waals surface area contributed by atoms with Crippen LogP contribution in [0.15, 0.2) is 23.2 Å². The Morgan fingerprint density at radius 3 is 2.32 bits per heavy atom. The molecule has 0 radical (unpaired) electrons. The third-order valence-corrected chi connectivity index (χ3v) is 9.58. The summed E-state index contributed by atoms with van der Waals surface area (Å²) in [6.45, 7) is 15.9. The van der Waals surface area contributed by atoms with E-state index in [1.165, 1.54) is 11.9 Å². The predicted octanol–water partition coefficient (Wildman–Crippen LogP) is 5.19. The quantitative estimate of drug-likeness (QED) is 0.387. The van der Waals surface area contributed by atoms with E-state index in [1.807, 2.05) is 34.6 Å². The molecule has 4 heterocycles. The lowest BCUT2D eigenvalue weighted by atomic mass is 9.92. The number of carbonyl (C=O) groups is 3. The lowest BCUT2D eigenvalue weighted by molar-refractivity contribution is -0.136. The zero-order chi connectivity index (χ0) is 31.9. The highest BCUT2D eigenvalue weighted by molar-refractivity contribution is 7.07. The second kappa shape index (κ2) is 15.3. The Morgan fingerprint density at radius 2 is 1.73 bits per heavy atom. The number of thiophene rings is 1. The number of nitrogens with zero attached hydrogens (tertiary/aromatic N) is 5. The second-order valence-corrected chi connectivity index (χ2v) is 14.1. The third kappa shape index (κ3) is 9.47. The van der Waals surface area contributed by atoms with Gasteiger partial charge in [0.2, 0.25) is 5.91 Å². The lowest BCUT2D eigenvalue weighted by Crippen LogP contribution is -2.50. The van der Waals surface area contributed by atoms with Crippen LogP contribution in [0.3, 0.4) is 0 Å². The molecule has 0 saturated carbocycles. The van der Waals surface area contributed by atoms with Crippen LogP contribution in [-0.4, -0.2) is 93.0 Å². The highest BCUT2D eigenvalue weighted by atomic mass is 32.1. The molecule has 0 aromatic carbocycles. The van der Waals surface area contributed by atoms with Crippen LogP contribution in [0.4, 0.5) is 4.79 Å². The van der Waals surface area contributed by atoms with Crippen molar-refractivity contribution in [3.8, 4) is 0 Å². The first-order valence-electron chi connectivity index (χ1n) is 16.0. The first kappa shape index (κ1) is 33.8. The van der Waals surface area contributed by atoms with Crippen LogP contribution in [0.25, 0.3) is 0 Å². The Bertz CT molecular complexity index is 1230. The fraction of sp³-hybridized carbons (Fsp3) is 0.667. The number of likely N-dealkylation sites (tertiary alicyclic amines) is 2. The van der Waals surface area contributed by atoms with Crippen LogP contribution in [0.5, 0.6) is 0 Å². The number of nitrogens with one attached hydrogen (secondary N) is 1. The van der Waals surface area contributed by atoms with Gasteiger partial charge in [-0.3, -0.25) is 9.59 Å². The van der Waals surface area contributed by atoms with Crippen molar-refractivity contribution in [1.29, 1.82) is 0 Å². The molecule has 1 N–H and O–H groups in total. The van der Waals surface area contributed by atoms with Gasteiger partial charge in [0.15, 0.2) is 0 Å². The van der Waals surface area contributed by atoms with Crippen molar-refractivity contribution in [1.82, 2.24) is 30.0 Å². The monoisotopic (exact) mass is 626 g/mol. The van der Waals surface area contributed by atoms with Gasteiger partial charge in [-0.15, -0.1) is 0 Å². The highest BCUT2D eigenvalue weighted by Crippen LogP contribution is 2.27. The molecule has 4 rings (SSSR count). The van der Waals surface area contributed by atoms with Crippen LogP contribution >= 0.6 is 11.3 Å². The molecule has 2 fully saturated rings. The normalized spacial score (nSPS) is 17.7. The van der Waals surface area contributed by atoms with Crippen LogP contribution in [0.2, 0.25) is 0 Å². The van der Waals surface area contributed by atoms with Crippen molar-refractivity contribution >= 4 is 29.2 Å². The van der Waals surface area contributed by atoms with E-state index in [4.69, 9.17) is 4.74 Å². The van der Waals surface area contributed by atoms with Crippen LogP contribution in [0, 0.1) is 19.8 Å². The van der Waals surface area contributed by atoms with Crippen LogP contribution < -0.4 is 5.32 Å². The van der Waals surface area contributed by atoms with E-state index >= 15 is 0 Å². The maximum absolute atomic E-state index is 13.8. The van der Waals surface area contributed by atoms with E-state index in [2.05, 4.69) is 48.8 Å². The average molecular weight is 627 g/mol. The van der Waals surface area contributed by atoms with Gasteiger partial charge in [-0.25, -0.2) is 14.8 Å². The number of piperidine rings is 2. The molecule has 0 bridgehead atoms. The van der Waals surface area contributed by atoms with Gasteiger partial charge >= 0.3 is 6.09 Å². The number of ether oxygens (including phenoxy) is 1. The van der Waals surface area contributed by atoms with Gasteiger partial charge in [0.1, 0.15) is 11.9 Å². The SMILES string of the molecule is Cc1ncnc(C)c1C(=O)NCCC(C)N1CCC(N(Cc2ccsc2)C(=O)CC2CCN(C(=O)OC(C)(C)C)CC2)CC1. The number of rotatable bonds is 10. The number of aryl methyl sites for hydroxylation is 2. The van der Waals surface area contributed by atoms with Gasteiger partial charge in [-0.2, -0.15) is 11.3 Å². The summed E-state index contributed by atoms with van der Waals surface area (Å²) in [5.74, 6) is 0.373. The molecule has 44 heavy (non-hydrogen) atoms. The highest BCUT2D eigenvalue weighted by Gasteiger charge is 2.33. The number of hydrogen-bond donors (Lipinski definition) is 1. The Hall–Kier alpha value is -3.05. The standard InChI is InChI=1S/C33H50N6O4S/c1-23(7-13-34-31(41)30-24(2)35-22-36-25(30)3)37-16-10-28(11-17-37)39(20-27-12-18-44-21-27)29(40)19-26-8-14-38(15-9-26)32(42)43-33(4,5)6/h12,18,21-23,26,28H,7-11,13-17,19-20H2,1-6H3,(H,34,41). The summed E-state index contributed by atoms with van der Waals surface area (Å²) >= 11 is 1.66. The molecule has 10 nitrogen and oxygen atoms in total. The Morgan fingerprint density at radius 1 is 1.07 bits per heavy atom. The van der Waals surface area contributed by atoms with Crippen LogP contribution in [0.1, 0.15) is 93.5 Å². The Labute approximate surface area is 266 Å². The van der Waals surface area contributed by atoms with Gasteiger partial charge in [0.25, 0.3) is 5.91 Å². The van der Waals surface area contributed by atoms with E-state index in [0.717, 1.165) is 45.2 Å². The lowest BCUT2D eigenvalue weighted by Gasteiger charge is -2.41. The molecule has 2 aliphatic heterocycles. The molecule has 2 saturated heterocycles. The zero-order valence-electron chi connectivity index (χ0n) is 27.3. The molecule has 2 aromatic rings. The van der Waals surface area contributed by atoms with Gasteiger partial charge in [0.05, 0.1) is 17.0 Å². The minimum absolute atomic E-state index is 0.121. The molecule has 3 amide bonds. The van der Waals surface area contributed by atoms with Crippen molar-refractivity contribution in [3.63, 3.8) is 0 Å². The minimum atomic E-state index is -0.508. The van der Waals surface area contributed by atoms with Crippen molar-refractivity contribution in [3.05, 3.63) is 45.7 Å². The van der Waals surface area contributed by atoms with E-state index < -0.39 is 5.60 Å². The first-order valence-corrected chi connectivity index (χ1v) is 16.9. The smallest absolute Gasteiger partial charge is 0.410 e. The van der Waals surface area contributed by atoms with Crippen LogP contribution in [-0.2, 0) is 16.1 Å². The van der Waals surface area contributed by atoms with Crippen molar-refractivity contribution in [2.75, 3.05) is 32.7 Å². The molecule has 242 valence electrons. The maximum atomic E-state index is 13.8. The molecule has 2 aliphatic rings. The van der Waals surface area contributed by atoms with Gasteiger partial charge in [-0.05, 0) is 102 Å². The summed E-state index contributed by atoms with van der Waals surface area (Å²) in [6, 6.07) is 2.64. The summed E-state index contributed by atoms with van der Waals surface area (Å²) in [7, 11) is 0. The Kier molecular flexibility index (Phi) is 11.8. The molecule has 0 aliphatic carbocycles. The van der Waals surface area contributed by atoms with E-state index in [-0.39, 0.29) is 29.9 Å². The zero-order valence-corrected chi connectivity index (χ0v) is 28.1. The summed E-state index contributed by atoms with van der Waals surface area (Å²) < 4.78 is 5.54. The topological polar surface area (TPSA) is 108 Å².